The predicted molar refractivity (Wildman–Crippen MR) is 58.9 cm³/mol. The molecular weight excluding hydrogens is 188 g/mol. The highest BCUT2D eigenvalue weighted by Gasteiger charge is 2.18. The van der Waals surface area contributed by atoms with E-state index in [1.54, 1.807) is 0 Å². The molecular formula is C12H16N2O. The third-order valence-electron chi connectivity index (χ3n) is 3.00. The van der Waals surface area contributed by atoms with Gasteiger partial charge in [0.1, 0.15) is 5.69 Å². The summed E-state index contributed by atoms with van der Waals surface area (Å²) in [6.45, 7) is 6.45. The summed E-state index contributed by atoms with van der Waals surface area (Å²) in [4.78, 5) is 17.1. The van der Waals surface area contributed by atoms with Crippen molar-refractivity contribution in [1.82, 2.24) is 9.88 Å². The second-order valence-corrected chi connectivity index (χ2v) is 4.31. The highest BCUT2D eigenvalue weighted by Crippen LogP contribution is 2.19. The van der Waals surface area contributed by atoms with E-state index in [0.717, 1.165) is 25.8 Å². The first-order valence-electron chi connectivity index (χ1n) is 5.37. The summed E-state index contributed by atoms with van der Waals surface area (Å²) in [5.74, 6) is 0. The molecule has 0 spiro atoms. The fourth-order valence-electron chi connectivity index (χ4n) is 1.99. The van der Waals surface area contributed by atoms with E-state index in [1.807, 2.05) is 12.3 Å². The summed E-state index contributed by atoms with van der Waals surface area (Å²) in [5.41, 5.74) is 3.09. The molecule has 0 unspecified atom stereocenters. The van der Waals surface area contributed by atoms with Crippen LogP contribution in [0.5, 0.6) is 0 Å². The van der Waals surface area contributed by atoms with Crippen molar-refractivity contribution >= 4 is 6.29 Å². The first-order chi connectivity index (χ1) is 7.20. The number of hydrogen-bond donors (Lipinski definition) is 0. The smallest absolute Gasteiger partial charge is 0.168 e. The van der Waals surface area contributed by atoms with Gasteiger partial charge in [0, 0.05) is 25.3 Å². The summed E-state index contributed by atoms with van der Waals surface area (Å²) < 4.78 is 0. The minimum absolute atomic E-state index is 0.548. The van der Waals surface area contributed by atoms with Crippen LogP contribution < -0.4 is 0 Å². The molecule has 15 heavy (non-hydrogen) atoms. The summed E-state index contributed by atoms with van der Waals surface area (Å²) in [7, 11) is 0. The van der Waals surface area contributed by atoms with Crippen molar-refractivity contribution < 1.29 is 4.79 Å². The lowest BCUT2D eigenvalue weighted by Gasteiger charge is -2.31. The highest BCUT2D eigenvalue weighted by molar-refractivity contribution is 5.72. The standard InChI is InChI=1S/C12H16N2O/c1-9(2)14-4-3-10-5-12(8-15)13-6-11(10)7-14/h5-6,8-9H,3-4,7H2,1-2H3. The molecule has 1 aromatic heterocycles. The molecule has 3 nitrogen and oxygen atoms in total. The quantitative estimate of drug-likeness (QED) is 0.687. The maximum Gasteiger partial charge on any atom is 0.168 e. The Hall–Kier alpha value is -1.22. The molecule has 0 saturated carbocycles. The largest absolute Gasteiger partial charge is 0.296 e. The van der Waals surface area contributed by atoms with Gasteiger partial charge >= 0.3 is 0 Å². The Kier molecular flexibility index (Phi) is 2.82. The number of nitrogens with zero attached hydrogens (tertiary/aromatic N) is 2. The lowest BCUT2D eigenvalue weighted by atomic mass is 10.0. The van der Waals surface area contributed by atoms with Crippen molar-refractivity contribution in [2.45, 2.75) is 32.9 Å². The zero-order chi connectivity index (χ0) is 10.8. The molecule has 0 atom stereocenters. The molecule has 0 bridgehead atoms. The molecule has 0 saturated heterocycles. The van der Waals surface area contributed by atoms with E-state index in [9.17, 15) is 4.79 Å². The molecule has 0 amide bonds. The van der Waals surface area contributed by atoms with Crippen LogP contribution in [-0.4, -0.2) is 28.8 Å². The minimum atomic E-state index is 0.548. The second kappa shape index (κ2) is 4.11. The fourth-order valence-corrected chi connectivity index (χ4v) is 1.99. The molecule has 0 N–H and O–H groups in total. The predicted octanol–water partition coefficient (Wildman–Crippen LogP) is 1.66. The van der Waals surface area contributed by atoms with Crippen LogP contribution in [0.2, 0.25) is 0 Å². The summed E-state index contributed by atoms with van der Waals surface area (Å²) in [5, 5.41) is 0. The van der Waals surface area contributed by atoms with Crippen molar-refractivity contribution in [3.63, 3.8) is 0 Å². The first kappa shape index (κ1) is 10.3. The third-order valence-corrected chi connectivity index (χ3v) is 3.00. The average molecular weight is 204 g/mol. The summed E-state index contributed by atoms with van der Waals surface area (Å²) >= 11 is 0. The van der Waals surface area contributed by atoms with Gasteiger partial charge in [0.2, 0.25) is 0 Å². The molecule has 1 aromatic rings. The molecule has 80 valence electrons. The number of hydrogen-bond acceptors (Lipinski definition) is 3. The lowest BCUT2D eigenvalue weighted by Crippen LogP contribution is -2.36. The third kappa shape index (κ3) is 2.07. The van der Waals surface area contributed by atoms with E-state index in [4.69, 9.17) is 0 Å². The molecule has 3 heteroatoms. The van der Waals surface area contributed by atoms with Crippen LogP contribution in [0.1, 0.15) is 35.5 Å². The van der Waals surface area contributed by atoms with Crippen LogP contribution in [0.25, 0.3) is 0 Å². The van der Waals surface area contributed by atoms with Crippen LogP contribution in [0.15, 0.2) is 12.3 Å². The van der Waals surface area contributed by atoms with E-state index in [-0.39, 0.29) is 0 Å². The number of aldehydes is 1. The second-order valence-electron chi connectivity index (χ2n) is 4.31. The van der Waals surface area contributed by atoms with E-state index < -0.39 is 0 Å². The Morgan fingerprint density at radius 2 is 2.27 bits per heavy atom. The van der Waals surface area contributed by atoms with Crippen LogP contribution in [0.4, 0.5) is 0 Å². The van der Waals surface area contributed by atoms with Crippen molar-refractivity contribution in [3.8, 4) is 0 Å². The van der Waals surface area contributed by atoms with Crippen molar-refractivity contribution in [2.24, 2.45) is 0 Å². The van der Waals surface area contributed by atoms with Gasteiger partial charge in [-0.2, -0.15) is 0 Å². The van der Waals surface area contributed by atoms with Gasteiger partial charge in [0.15, 0.2) is 6.29 Å². The van der Waals surface area contributed by atoms with Gasteiger partial charge in [0.05, 0.1) is 0 Å². The first-order valence-corrected chi connectivity index (χ1v) is 5.37. The summed E-state index contributed by atoms with van der Waals surface area (Å²) in [6, 6.07) is 2.49. The van der Waals surface area contributed by atoms with Gasteiger partial charge in [-0.05, 0) is 37.5 Å². The molecule has 0 fully saturated rings. The topological polar surface area (TPSA) is 33.2 Å². The lowest BCUT2D eigenvalue weighted by molar-refractivity contribution is 0.111. The maximum atomic E-state index is 10.6. The Labute approximate surface area is 90.1 Å². The van der Waals surface area contributed by atoms with Gasteiger partial charge in [0.25, 0.3) is 0 Å². The minimum Gasteiger partial charge on any atom is -0.296 e. The highest BCUT2D eigenvalue weighted by atomic mass is 16.1. The number of rotatable bonds is 2. The molecule has 0 aliphatic carbocycles. The monoisotopic (exact) mass is 204 g/mol. The molecule has 0 radical (unpaired) electrons. The average Bonchev–Trinajstić information content (AvgIpc) is 2.27. The van der Waals surface area contributed by atoms with Crippen LogP contribution in [0, 0.1) is 0 Å². The van der Waals surface area contributed by atoms with Crippen molar-refractivity contribution in [1.29, 1.82) is 0 Å². The maximum absolute atomic E-state index is 10.6. The normalized spacial score (nSPS) is 16.5. The Balaban J connectivity index is 2.24. The van der Waals surface area contributed by atoms with Gasteiger partial charge in [-0.3, -0.25) is 14.7 Å². The zero-order valence-corrected chi connectivity index (χ0v) is 9.23. The van der Waals surface area contributed by atoms with E-state index in [2.05, 4.69) is 23.7 Å². The molecule has 2 rings (SSSR count). The van der Waals surface area contributed by atoms with Gasteiger partial charge in [-0.15, -0.1) is 0 Å². The number of aromatic nitrogens is 1. The van der Waals surface area contributed by atoms with Crippen LogP contribution in [-0.2, 0) is 13.0 Å². The number of carbonyl (C=O) groups is 1. The Bertz CT molecular complexity index is 374. The number of pyridine rings is 1. The zero-order valence-electron chi connectivity index (χ0n) is 9.23. The fraction of sp³-hybridized carbons (Fsp3) is 0.500. The Morgan fingerprint density at radius 1 is 1.47 bits per heavy atom. The van der Waals surface area contributed by atoms with Gasteiger partial charge < -0.3 is 0 Å². The van der Waals surface area contributed by atoms with E-state index >= 15 is 0 Å². The summed E-state index contributed by atoms with van der Waals surface area (Å²) in [6.07, 6.45) is 3.68. The molecule has 1 aliphatic rings. The number of carbonyl (C=O) groups excluding carboxylic acids is 1. The van der Waals surface area contributed by atoms with Gasteiger partial charge in [-0.25, -0.2) is 0 Å². The van der Waals surface area contributed by atoms with E-state index in [0.29, 0.717) is 11.7 Å². The van der Waals surface area contributed by atoms with Crippen LogP contribution >= 0.6 is 0 Å². The van der Waals surface area contributed by atoms with Crippen molar-refractivity contribution in [3.05, 3.63) is 29.1 Å². The molecule has 0 aromatic carbocycles. The SMILES string of the molecule is CC(C)N1CCc2cc(C=O)ncc2C1. The Morgan fingerprint density at radius 3 is 2.93 bits per heavy atom. The van der Waals surface area contributed by atoms with Crippen molar-refractivity contribution in [2.75, 3.05) is 6.54 Å². The van der Waals surface area contributed by atoms with E-state index in [1.165, 1.54) is 11.1 Å². The van der Waals surface area contributed by atoms with Crippen LogP contribution in [0.3, 0.4) is 0 Å². The van der Waals surface area contributed by atoms with Gasteiger partial charge in [-0.1, -0.05) is 0 Å². The molecule has 2 heterocycles. The molecule has 1 aliphatic heterocycles. The number of fused-ring (bicyclic) bond motifs is 1.